The predicted octanol–water partition coefficient (Wildman–Crippen LogP) is 1.53. The van der Waals surface area contributed by atoms with Gasteiger partial charge in [0.15, 0.2) is 11.6 Å². The molecule has 6 nitrogen and oxygen atoms in total. The van der Waals surface area contributed by atoms with E-state index < -0.39 is 0 Å². The average Bonchev–Trinajstić information content (AvgIpc) is 3.04. The van der Waals surface area contributed by atoms with Gasteiger partial charge in [0.2, 0.25) is 0 Å². The van der Waals surface area contributed by atoms with Gasteiger partial charge in [-0.15, -0.1) is 0 Å². The second-order valence-corrected chi connectivity index (χ2v) is 5.12. The van der Waals surface area contributed by atoms with Gasteiger partial charge in [0.1, 0.15) is 0 Å². The Morgan fingerprint density at radius 1 is 1.29 bits per heavy atom. The Hall–Kier alpha value is -2.50. The number of furan rings is 1. The van der Waals surface area contributed by atoms with Crippen LogP contribution in [0.25, 0.3) is 0 Å². The van der Waals surface area contributed by atoms with Crippen LogP contribution in [0.2, 0.25) is 0 Å². The number of hydrogen-bond acceptors (Lipinski definition) is 5. The van der Waals surface area contributed by atoms with Crippen molar-refractivity contribution in [2.75, 3.05) is 36.8 Å². The number of aryl methyl sites for hydroxylation is 1. The van der Waals surface area contributed by atoms with Crippen molar-refractivity contribution in [3.8, 4) is 0 Å². The van der Waals surface area contributed by atoms with E-state index in [2.05, 4.69) is 9.88 Å². The number of nitrogen functional groups attached to an aromatic ring is 1. The lowest BCUT2D eigenvalue weighted by molar-refractivity contribution is 0.0714. The third-order valence-electron chi connectivity index (χ3n) is 3.79. The number of nitrogens with zero attached hydrogens (tertiary/aromatic N) is 3. The van der Waals surface area contributed by atoms with Gasteiger partial charge >= 0.3 is 0 Å². The van der Waals surface area contributed by atoms with Crippen LogP contribution in [0.5, 0.6) is 0 Å². The van der Waals surface area contributed by atoms with E-state index in [9.17, 15) is 4.79 Å². The fourth-order valence-corrected chi connectivity index (χ4v) is 2.48. The van der Waals surface area contributed by atoms with Crippen molar-refractivity contribution in [2.24, 2.45) is 0 Å². The zero-order valence-corrected chi connectivity index (χ0v) is 12.0. The number of piperazine rings is 1. The smallest absolute Gasteiger partial charge is 0.289 e. The molecule has 0 aliphatic carbocycles. The first-order valence-corrected chi connectivity index (χ1v) is 6.95. The summed E-state index contributed by atoms with van der Waals surface area (Å²) in [7, 11) is 0. The summed E-state index contributed by atoms with van der Waals surface area (Å²) < 4.78 is 5.16. The quantitative estimate of drug-likeness (QED) is 0.906. The standard InChI is InChI=1S/C15H18N4O2/c1-11-4-5-17-14(13(11)16)18-6-8-19(9-7-18)15(20)12-3-2-10-21-12/h2-5,10H,6-9,16H2,1H3. The van der Waals surface area contributed by atoms with Crippen LogP contribution in [-0.2, 0) is 0 Å². The van der Waals surface area contributed by atoms with E-state index in [-0.39, 0.29) is 5.91 Å². The maximum atomic E-state index is 12.2. The van der Waals surface area contributed by atoms with Crippen molar-refractivity contribution in [2.45, 2.75) is 6.92 Å². The van der Waals surface area contributed by atoms with Crippen LogP contribution in [-0.4, -0.2) is 42.0 Å². The third-order valence-corrected chi connectivity index (χ3v) is 3.79. The maximum absolute atomic E-state index is 12.2. The molecule has 2 N–H and O–H groups in total. The summed E-state index contributed by atoms with van der Waals surface area (Å²) in [4.78, 5) is 20.5. The van der Waals surface area contributed by atoms with E-state index in [1.165, 1.54) is 6.26 Å². The number of amides is 1. The lowest BCUT2D eigenvalue weighted by atomic mass is 10.2. The van der Waals surface area contributed by atoms with Crippen molar-refractivity contribution in [3.05, 3.63) is 42.0 Å². The number of aromatic nitrogens is 1. The number of anilines is 2. The molecule has 1 aliphatic heterocycles. The van der Waals surface area contributed by atoms with Crippen molar-refractivity contribution in [1.29, 1.82) is 0 Å². The highest BCUT2D eigenvalue weighted by Crippen LogP contribution is 2.24. The molecule has 0 unspecified atom stereocenters. The Bertz CT molecular complexity index is 631. The summed E-state index contributed by atoms with van der Waals surface area (Å²) in [5.74, 6) is 1.13. The number of rotatable bonds is 2. The normalized spacial score (nSPS) is 15.3. The third kappa shape index (κ3) is 2.56. The molecule has 0 aromatic carbocycles. The van der Waals surface area contributed by atoms with Crippen molar-refractivity contribution in [3.63, 3.8) is 0 Å². The van der Waals surface area contributed by atoms with Crippen molar-refractivity contribution < 1.29 is 9.21 Å². The fourth-order valence-electron chi connectivity index (χ4n) is 2.48. The molecule has 6 heteroatoms. The number of hydrogen-bond donors (Lipinski definition) is 1. The highest BCUT2D eigenvalue weighted by Gasteiger charge is 2.25. The van der Waals surface area contributed by atoms with E-state index in [0.717, 1.165) is 11.4 Å². The Morgan fingerprint density at radius 3 is 2.71 bits per heavy atom. The van der Waals surface area contributed by atoms with Crippen LogP contribution in [0, 0.1) is 6.92 Å². The minimum Gasteiger partial charge on any atom is -0.459 e. The molecule has 2 aromatic heterocycles. The van der Waals surface area contributed by atoms with Gasteiger partial charge in [0.25, 0.3) is 5.91 Å². The Balaban J connectivity index is 1.68. The van der Waals surface area contributed by atoms with E-state index in [0.29, 0.717) is 37.6 Å². The first-order valence-electron chi connectivity index (χ1n) is 6.95. The molecule has 110 valence electrons. The largest absolute Gasteiger partial charge is 0.459 e. The molecule has 1 fully saturated rings. The minimum atomic E-state index is -0.0650. The summed E-state index contributed by atoms with van der Waals surface area (Å²) in [6, 6.07) is 5.31. The Labute approximate surface area is 123 Å². The summed E-state index contributed by atoms with van der Waals surface area (Å²) >= 11 is 0. The summed E-state index contributed by atoms with van der Waals surface area (Å²) in [5.41, 5.74) is 7.82. The molecule has 0 bridgehead atoms. The summed E-state index contributed by atoms with van der Waals surface area (Å²) in [5, 5.41) is 0. The fraction of sp³-hybridized carbons (Fsp3) is 0.333. The van der Waals surface area contributed by atoms with E-state index in [1.807, 2.05) is 13.0 Å². The van der Waals surface area contributed by atoms with Gasteiger partial charge in [0.05, 0.1) is 12.0 Å². The highest BCUT2D eigenvalue weighted by atomic mass is 16.3. The molecule has 1 aliphatic rings. The molecule has 1 saturated heterocycles. The van der Waals surface area contributed by atoms with Gasteiger partial charge in [0, 0.05) is 32.4 Å². The topological polar surface area (TPSA) is 75.6 Å². The van der Waals surface area contributed by atoms with E-state index in [1.54, 1.807) is 23.2 Å². The van der Waals surface area contributed by atoms with Crippen LogP contribution in [0.1, 0.15) is 16.1 Å². The van der Waals surface area contributed by atoms with Gasteiger partial charge in [-0.1, -0.05) is 0 Å². The van der Waals surface area contributed by atoms with Gasteiger partial charge in [-0.2, -0.15) is 0 Å². The first kappa shape index (κ1) is 13.5. The molecule has 3 rings (SSSR count). The first-order chi connectivity index (χ1) is 10.2. The lowest BCUT2D eigenvalue weighted by Crippen LogP contribution is -2.49. The lowest BCUT2D eigenvalue weighted by Gasteiger charge is -2.35. The molecule has 21 heavy (non-hydrogen) atoms. The molecule has 1 amide bonds. The zero-order chi connectivity index (χ0) is 14.8. The highest BCUT2D eigenvalue weighted by molar-refractivity contribution is 5.91. The number of carbonyl (C=O) groups is 1. The molecule has 3 heterocycles. The van der Waals surface area contributed by atoms with Crippen LogP contribution in [0.4, 0.5) is 11.5 Å². The summed E-state index contributed by atoms with van der Waals surface area (Å²) in [6.45, 7) is 4.67. The molecular weight excluding hydrogens is 268 g/mol. The Kier molecular flexibility index (Phi) is 3.51. The monoisotopic (exact) mass is 286 g/mol. The SMILES string of the molecule is Cc1ccnc(N2CCN(C(=O)c3ccco3)CC2)c1N. The van der Waals surface area contributed by atoms with Gasteiger partial charge in [-0.25, -0.2) is 4.98 Å². The predicted molar refractivity (Wildman–Crippen MR) is 80.2 cm³/mol. The average molecular weight is 286 g/mol. The Morgan fingerprint density at radius 2 is 2.05 bits per heavy atom. The molecule has 2 aromatic rings. The van der Waals surface area contributed by atoms with E-state index in [4.69, 9.17) is 10.2 Å². The minimum absolute atomic E-state index is 0.0650. The summed E-state index contributed by atoms with van der Waals surface area (Å²) in [6.07, 6.45) is 3.28. The van der Waals surface area contributed by atoms with Crippen molar-refractivity contribution in [1.82, 2.24) is 9.88 Å². The van der Waals surface area contributed by atoms with E-state index >= 15 is 0 Å². The van der Waals surface area contributed by atoms with Gasteiger partial charge in [-0.3, -0.25) is 4.79 Å². The van der Waals surface area contributed by atoms with Crippen molar-refractivity contribution >= 4 is 17.4 Å². The number of carbonyl (C=O) groups excluding carboxylic acids is 1. The molecular formula is C15H18N4O2. The second kappa shape index (κ2) is 5.47. The number of nitrogens with two attached hydrogens (primary N) is 1. The maximum Gasteiger partial charge on any atom is 0.289 e. The second-order valence-electron chi connectivity index (χ2n) is 5.12. The number of pyridine rings is 1. The van der Waals surface area contributed by atoms with Crippen LogP contribution in [0.15, 0.2) is 35.1 Å². The van der Waals surface area contributed by atoms with Gasteiger partial charge < -0.3 is 20.0 Å². The molecule has 0 atom stereocenters. The molecule has 0 radical (unpaired) electrons. The molecule has 0 spiro atoms. The molecule has 0 saturated carbocycles. The van der Waals surface area contributed by atoms with Crippen LogP contribution >= 0.6 is 0 Å². The van der Waals surface area contributed by atoms with Crippen LogP contribution in [0.3, 0.4) is 0 Å². The zero-order valence-electron chi connectivity index (χ0n) is 12.0. The van der Waals surface area contributed by atoms with Crippen LogP contribution < -0.4 is 10.6 Å². The van der Waals surface area contributed by atoms with Gasteiger partial charge in [-0.05, 0) is 30.7 Å².